The molecular formula is C13H17ClN4O2. The van der Waals surface area contributed by atoms with Gasteiger partial charge >= 0.3 is 0 Å². The van der Waals surface area contributed by atoms with Crippen molar-refractivity contribution >= 4 is 29.5 Å². The van der Waals surface area contributed by atoms with Gasteiger partial charge in [0.1, 0.15) is 5.15 Å². The second-order valence-electron chi connectivity index (χ2n) is 4.67. The molecule has 0 aliphatic carbocycles. The van der Waals surface area contributed by atoms with Crippen molar-refractivity contribution in [2.45, 2.75) is 13.3 Å². The molecule has 1 aromatic heterocycles. The molecule has 0 saturated carbocycles. The number of aromatic nitrogens is 2. The average molecular weight is 297 g/mol. The van der Waals surface area contributed by atoms with Gasteiger partial charge in [-0.25, -0.2) is 0 Å². The lowest BCUT2D eigenvalue weighted by Gasteiger charge is -2.17. The lowest BCUT2D eigenvalue weighted by atomic mass is 10.2. The predicted molar refractivity (Wildman–Crippen MR) is 76.2 cm³/mol. The van der Waals surface area contributed by atoms with Crippen LogP contribution in [0.1, 0.15) is 17.7 Å². The monoisotopic (exact) mass is 296 g/mol. The zero-order valence-electron chi connectivity index (χ0n) is 11.5. The summed E-state index contributed by atoms with van der Waals surface area (Å²) in [5.74, 6) is -0.142. The van der Waals surface area contributed by atoms with Gasteiger partial charge in [-0.05, 0) is 13.0 Å². The number of hydrogen-bond donors (Lipinski definition) is 1. The van der Waals surface area contributed by atoms with Gasteiger partial charge in [-0.1, -0.05) is 11.6 Å². The Morgan fingerprint density at radius 3 is 2.85 bits per heavy atom. The number of aryl methyl sites for hydroxylation is 2. The van der Waals surface area contributed by atoms with E-state index in [0.29, 0.717) is 31.2 Å². The highest BCUT2D eigenvalue weighted by atomic mass is 35.5. The SMILES string of the molecule is Cc1nn(C)c(Cl)c1C=CC(=O)N1CCNC(=O)CC1. The van der Waals surface area contributed by atoms with Crippen LogP contribution in [0.15, 0.2) is 6.08 Å². The number of nitrogens with one attached hydrogen (secondary N) is 1. The number of nitrogens with zero attached hydrogens (tertiary/aromatic N) is 3. The van der Waals surface area contributed by atoms with Crippen molar-refractivity contribution in [2.75, 3.05) is 19.6 Å². The molecule has 6 nitrogen and oxygen atoms in total. The first kappa shape index (κ1) is 14.6. The summed E-state index contributed by atoms with van der Waals surface area (Å²) in [6, 6.07) is 0. The topological polar surface area (TPSA) is 67.2 Å². The van der Waals surface area contributed by atoms with E-state index >= 15 is 0 Å². The standard InChI is InChI=1S/C13H17ClN4O2/c1-9-10(13(14)17(2)16-9)3-4-12(20)18-7-5-11(19)15-6-8-18/h3-4H,5-8H2,1-2H3,(H,15,19). The predicted octanol–water partition coefficient (Wildman–Crippen LogP) is 0.744. The smallest absolute Gasteiger partial charge is 0.246 e. The molecule has 20 heavy (non-hydrogen) atoms. The minimum absolute atomic E-state index is 0.0181. The third kappa shape index (κ3) is 3.19. The molecule has 0 aromatic carbocycles. The second kappa shape index (κ2) is 6.09. The van der Waals surface area contributed by atoms with E-state index in [-0.39, 0.29) is 11.8 Å². The summed E-state index contributed by atoms with van der Waals surface area (Å²) in [5, 5.41) is 7.41. The Bertz CT molecular complexity index is 565. The Morgan fingerprint density at radius 1 is 1.45 bits per heavy atom. The van der Waals surface area contributed by atoms with E-state index in [4.69, 9.17) is 11.6 Å². The van der Waals surface area contributed by atoms with Gasteiger partial charge in [0.2, 0.25) is 11.8 Å². The lowest BCUT2D eigenvalue weighted by molar-refractivity contribution is -0.125. The largest absolute Gasteiger partial charge is 0.354 e. The summed E-state index contributed by atoms with van der Waals surface area (Å²) in [7, 11) is 1.75. The van der Waals surface area contributed by atoms with Crippen LogP contribution in [0.4, 0.5) is 0 Å². The minimum atomic E-state index is -0.124. The van der Waals surface area contributed by atoms with Gasteiger partial charge in [0.05, 0.1) is 5.69 Å². The molecule has 1 saturated heterocycles. The Labute approximate surface area is 122 Å². The van der Waals surface area contributed by atoms with Crippen LogP contribution in [-0.2, 0) is 16.6 Å². The highest BCUT2D eigenvalue weighted by Crippen LogP contribution is 2.20. The van der Waals surface area contributed by atoms with Crippen LogP contribution >= 0.6 is 11.6 Å². The van der Waals surface area contributed by atoms with Crippen LogP contribution in [0.3, 0.4) is 0 Å². The Kier molecular flexibility index (Phi) is 4.44. The van der Waals surface area contributed by atoms with Crippen molar-refractivity contribution in [3.05, 3.63) is 22.5 Å². The molecule has 1 N–H and O–H groups in total. The van der Waals surface area contributed by atoms with E-state index in [0.717, 1.165) is 11.3 Å². The van der Waals surface area contributed by atoms with Crippen molar-refractivity contribution in [1.82, 2.24) is 20.0 Å². The number of carbonyl (C=O) groups is 2. The van der Waals surface area contributed by atoms with Crippen LogP contribution in [0.2, 0.25) is 5.15 Å². The van der Waals surface area contributed by atoms with Crippen molar-refractivity contribution in [1.29, 1.82) is 0 Å². The van der Waals surface area contributed by atoms with Crippen LogP contribution in [0.25, 0.3) is 6.08 Å². The molecule has 108 valence electrons. The number of rotatable bonds is 2. The lowest BCUT2D eigenvalue weighted by Crippen LogP contribution is -2.32. The van der Waals surface area contributed by atoms with Crippen molar-refractivity contribution in [3.63, 3.8) is 0 Å². The molecule has 2 heterocycles. The second-order valence-corrected chi connectivity index (χ2v) is 5.03. The zero-order valence-corrected chi connectivity index (χ0v) is 12.3. The molecule has 2 rings (SSSR count). The van der Waals surface area contributed by atoms with Crippen LogP contribution < -0.4 is 5.32 Å². The van der Waals surface area contributed by atoms with E-state index in [9.17, 15) is 9.59 Å². The molecule has 2 amide bonds. The van der Waals surface area contributed by atoms with E-state index in [1.165, 1.54) is 6.08 Å². The van der Waals surface area contributed by atoms with Gasteiger partial charge < -0.3 is 10.2 Å². The molecule has 1 fully saturated rings. The molecule has 0 unspecified atom stereocenters. The molecular weight excluding hydrogens is 280 g/mol. The number of amides is 2. The Morgan fingerprint density at radius 2 is 2.20 bits per heavy atom. The summed E-state index contributed by atoms with van der Waals surface area (Å²) in [4.78, 5) is 25.0. The first-order chi connectivity index (χ1) is 9.49. The highest BCUT2D eigenvalue weighted by Gasteiger charge is 2.16. The molecule has 0 radical (unpaired) electrons. The molecule has 0 atom stereocenters. The van der Waals surface area contributed by atoms with E-state index < -0.39 is 0 Å². The third-order valence-electron chi connectivity index (χ3n) is 3.21. The average Bonchev–Trinajstić information content (AvgIpc) is 2.59. The van der Waals surface area contributed by atoms with Crippen molar-refractivity contribution < 1.29 is 9.59 Å². The normalized spacial score (nSPS) is 16.4. The summed E-state index contributed by atoms with van der Waals surface area (Å²) in [6.45, 7) is 3.29. The number of halogens is 1. The number of hydrogen-bond acceptors (Lipinski definition) is 3. The van der Waals surface area contributed by atoms with Crippen molar-refractivity contribution in [2.24, 2.45) is 7.05 Å². The summed E-state index contributed by atoms with van der Waals surface area (Å²) >= 11 is 6.10. The van der Waals surface area contributed by atoms with E-state index in [2.05, 4.69) is 10.4 Å². The van der Waals surface area contributed by atoms with Crippen molar-refractivity contribution in [3.8, 4) is 0 Å². The van der Waals surface area contributed by atoms with Gasteiger partial charge in [0.25, 0.3) is 0 Å². The Balaban J connectivity index is 2.07. The fourth-order valence-corrected chi connectivity index (χ4v) is 2.32. The molecule has 7 heteroatoms. The maximum Gasteiger partial charge on any atom is 0.246 e. The Hall–Kier alpha value is -1.82. The maximum atomic E-state index is 12.1. The summed E-state index contributed by atoms with van der Waals surface area (Å²) in [6.07, 6.45) is 3.49. The van der Waals surface area contributed by atoms with Gasteiger partial charge in [-0.2, -0.15) is 5.10 Å². The fourth-order valence-electron chi connectivity index (χ4n) is 2.08. The first-order valence-corrected chi connectivity index (χ1v) is 6.79. The fraction of sp³-hybridized carbons (Fsp3) is 0.462. The molecule has 1 aliphatic heterocycles. The van der Waals surface area contributed by atoms with Crippen LogP contribution in [-0.4, -0.2) is 46.1 Å². The summed E-state index contributed by atoms with van der Waals surface area (Å²) in [5.41, 5.74) is 1.51. The van der Waals surface area contributed by atoms with Gasteiger partial charge in [0.15, 0.2) is 0 Å². The third-order valence-corrected chi connectivity index (χ3v) is 3.66. The quantitative estimate of drug-likeness (QED) is 0.819. The number of carbonyl (C=O) groups excluding carboxylic acids is 2. The van der Waals surface area contributed by atoms with Gasteiger partial charge in [0, 0.05) is 44.7 Å². The molecule has 0 bridgehead atoms. The highest BCUT2D eigenvalue weighted by molar-refractivity contribution is 6.31. The summed E-state index contributed by atoms with van der Waals surface area (Å²) < 4.78 is 1.57. The zero-order chi connectivity index (χ0) is 14.7. The molecule has 1 aromatic rings. The van der Waals surface area contributed by atoms with Crippen LogP contribution in [0, 0.1) is 6.92 Å². The van der Waals surface area contributed by atoms with Crippen LogP contribution in [0.5, 0.6) is 0 Å². The van der Waals surface area contributed by atoms with Gasteiger partial charge in [-0.3, -0.25) is 14.3 Å². The van der Waals surface area contributed by atoms with E-state index in [1.807, 2.05) is 6.92 Å². The molecule has 0 spiro atoms. The molecule has 1 aliphatic rings. The van der Waals surface area contributed by atoms with Gasteiger partial charge in [-0.15, -0.1) is 0 Å². The maximum absolute atomic E-state index is 12.1. The minimum Gasteiger partial charge on any atom is -0.354 e. The van der Waals surface area contributed by atoms with E-state index in [1.54, 1.807) is 22.7 Å². The first-order valence-electron chi connectivity index (χ1n) is 6.42.